The van der Waals surface area contributed by atoms with Gasteiger partial charge in [0.25, 0.3) is 0 Å². The summed E-state index contributed by atoms with van der Waals surface area (Å²) in [6.07, 6.45) is 0. The Labute approximate surface area is 105 Å². The van der Waals surface area contributed by atoms with Gasteiger partial charge in [-0.05, 0) is 12.1 Å². The highest BCUT2D eigenvalue weighted by atomic mass is 16.4. The first-order chi connectivity index (χ1) is 8.84. The highest BCUT2D eigenvalue weighted by Crippen LogP contribution is 2.30. The van der Waals surface area contributed by atoms with E-state index in [1.165, 1.54) is 0 Å². The average Bonchev–Trinajstić information content (AvgIpc) is 2.83. The molecule has 0 aliphatic heterocycles. The molecule has 1 heterocycles. The van der Waals surface area contributed by atoms with E-state index >= 15 is 0 Å². The van der Waals surface area contributed by atoms with Gasteiger partial charge in [0.1, 0.15) is 5.69 Å². The van der Waals surface area contributed by atoms with E-state index in [9.17, 15) is 0 Å². The maximum atomic E-state index is 5.88. The Hall–Kier alpha value is -2.55. The van der Waals surface area contributed by atoms with Crippen LogP contribution in [0.2, 0.25) is 0 Å². The lowest BCUT2D eigenvalue weighted by Gasteiger charge is -1.94. The van der Waals surface area contributed by atoms with Crippen LogP contribution >= 0.6 is 0 Å². The van der Waals surface area contributed by atoms with Crippen LogP contribution in [-0.2, 0) is 0 Å². The van der Waals surface area contributed by atoms with Crippen LogP contribution in [0.15, 0.2) is 65.1 Å². The number of benzene rings is 2. The number of anilines is 1. The Morgan fingerprint density at radius 2 is 1.33 bits per heavy atom. The third-order valence-corrected chi connectivity index (χ3v) is 2.72. The van der Waals surface area contributed by atoms with Crippen LogP contribution in [0.3, 0.4) is 0 Å². The summed E-state index contributed by atoms with van der Waals surface area (Å²) in [7, 11) is 0. The molecule has 0 saturated heterocycles. The summed E-state index contributed by atoms with van der Waals surface area (Å²) in [6.45, 7) is 0. The van der Waals surface area contributed by atoms with Gasteiger partial charge in [-0.3, -0.25) is 0 Å². The molecule has 88 valence electrons. The minimum Gasteiger partial charge on any atom is -0.420 e. The first kappa shape index (κ1) is 10.6. The Bertz CT molecular complexity index is 645. The van der Waals surface area contributed by atoms with E-state index in [0.717, 1.165) is 11.1 Å². The fraction of sp³-hybridized carbons (Fsp3) is 0. The molecule has 0 aliphatic rings. The average molecular weight is 236 g/mol. The maximum absolute atomic E-state index is 5.88. The number of nitrogen functional groups attached to an aromatic ring is 1. The molecular formula is C15H12N2O. The summed E-state index contributed by atoms with van der Waals surface area (Å²) < 4.78 is 5.52. The minimum atomic E-state index is 0.347. The predicted molar refractivity (Wildman–Crippen MR) is 71.8 cm³/mol. The van der Waals surface area contributed by atoms with E-state index in [-0.39, 0.29) is 0 Å². The molecule has 0 atom stereocenters. The van der Waals surface area contributed by atoms with Gasteiger partial charge < -0.3 is 10.2 Å². The lowest BCUT2D eigenvalue weighted by Crippen LogP contribution is -1.85. The molecule has 3 aromatic rings. The van der Waals surface area contributed by atoms with Crippen LogP contribution in [0.25, 0.3) is 22.7 Å². The Morgan fingerprint density at radius 1 is 0.778 bits per heavy atom. The third-order valence-electron chi connectivity index (χ3n) is 2.72. The molecule has 3 nitrogen and oxygen atoms in total. The monoisotopic (exact) mass is 236 g/mol. The molecule has 0 aliphatic carbocycles. The van der Waals surface area contributed by atoms with Gasteiger partial charge in [-0.15, -0.1) is 0 Å². The van der Waals surface area contributed by atoms with Crippen LogP contribution < -0.4 is 5.73 Å². The maximum Gasteiger partial charge on any atom is 0.229 e. The summed E-state index contributed by atoms with van der Waals surface area (Å²) >= 11 is 0. The number of rotatable bonds is 2. The van der Waals surface area contributed by atoms with E-state index in [1.807, 2.05) is 60.7 Å². The fourth-order valence-corrected chi connectivity index (χ4v) is 1.84. The number of nitrogens with two attached hydrogens (primary N) is 1. The van der Waals surface area contributed by atoms with E-state index in [1.54, 1.807) is 0 Å². The predicted octanol–water partition coefficient (Wildman–Crippen LogP) is 3.59. The number of oxazole rings is 1. The van der Waals surface area contributed by atoms with Gasteiger partial charge in [0.05, 0.1) is 0 Å². The number of hydrogen-bond donors (Lipinski definition) is 1. The molecule has 0 bridgehead atoms. The highest BCUT2D eigenvalue weighted by Gasteiger charge is 2.13. The summed E-state index contributed by atoms with van der Waals surface area (Å²) in [6, 6.07) is 19.5. The Kier molecular flexibility index (Phi) is 2.57. The zero-order valence-corrected chi connectivity index (χ0v) is 9.71. The molecule has 0 amide bonds. The van der Waals surface area contributed by atoms with Crippen molar-refractivity contribution < 1.29 is 4.42 Å². The van der Waals surface area contributed by atoms with Crippen molar-refractivity contribution >= 4 is 5.88 Å². The molecular weight excluding hydrogens is 224 g/mol. The van der Waals surface area contributed by atoms with Crippen molar-refractivity contribution in [1.82, 2.24) is 4.98 Å². The van der Waals surface area contributed by atoms with E-state index in [0.29, 0.717) is 17.5 Å². The first-order valence-corrected chi connectivity index (χ1v) is 5.72. The van der Waals surface area contributed by atoms with Crippen molar-refractivity contribution in [3.63, 3.8) is 0 Å². The second-order valence-electron chi connectivity index (χ2n) is 3.96. The number of nitrogens with zero attached hydrogens (tertiary/aromatic N) is 1. The molecule has 18 heavy (non-hydrogen) atoms. The van der Waals surface area contributed by atoms with Crippen LogP contribution in [0.4, 0.5) is 5.88 Å². The molecule has 0 radical (unpaired) electrons. The van der Waals surface area contributed by atoms with Gasteiger partial charge in [-0.1, -0.05) is 48.5 Å². The number of hydrogen-bond acceptors (Lipinski definition) is 3. The van der Waals surface area contributed by atoms with Crippen molar-refractivity contribution in [1.29, 1.82) is 0 Å². The molecule has 3 heteroatoms. The van der Waals surface area contributed by atoms with Gasteiger partial charge in [0, 0.05) is 11.1 Å². The van der Waals surface area contributed by atoms with Crippen LogP contribution in [0.1, 0.15) is 0 Å². The molecule has 0 fully saturated rings. The topological polar surface area (TPSA) is 52.0 Å². The summed E-state index contributed by atoms with van der Waals surface area (Å²) in [4.78, 5) is 4.46. The quantitative estimate of drug-likeness (QED) is 0.739. The van der Waals surface area contributed by atoms with Crippen molar-refractivity contribution in [3.05, 3.63) is 60.7 Å². The molecule has 0 saturated carbocycles. The second-order valence-corrected chi connectivity index (χ2v) is 3.96. The largest absolute Gasteiger partial charge is 0.420 e. The summed E-state index contributed by atoms with van der Waals surface area (Å²) in [5, 5.41) is 0. The van der Waals surface area contributed by atoms with E-state index in [2.05, 4.69) is 4.98 Å². The van der Waals surface area contributed by atoms with Gasteiger partial charge in [-0.2, -0.15) is 0 Å². The van der Waals surface area contributed by atoms with Gasteiger partial charge in [-0.25, -0.2) is 4.98 Å². The van der Waals surface area contributed by atoms with Crippen LogP contribution in [0.5, 0.6) is 0 Å². The van der Waals surface area contributed by atoms with Gasteiger partial charge in [0.15, 0.2) is 0 Å². The highest BCUT2D eigenvalue weighted by molar-refractivity contribution is 5.72. The Morgan fingerprint density at radius 3 is 1.94 bits per heavy atom. The zero-order valence-electron chi connectivity index (χ0n) is 9.71. The second kappa shape index (κ2) is 4.37. The molecule has 1 aromatic heterocycles. The van der Waals surface area contributed by atoms with Gasteiger partial charge in [0.2, 0.25) is 11.8 Å². The number of aromatic nitrogens is 1. The van der Waals surface area contributed by atoms with Crippen LogP contribution in [-0.4, -0.2) is 4.98 Å². The lowest BCUT2D eigenvalue weighted by molar-refractivity contribution is 0.594. The normalized spacial score (nSPS) is 10.4. The smallest absolute Gasteiger partial charge is 0.229 e. The van der Waals surface area contributed by atoms with Crippen molar-refractivity contribution in [3.8, 4) is 22.7 Å². The van der Waals surface area contributed by atoms with Crippen molar-refractivity contribution in [2.45, 2.75) is 0 Å². The lowest BCUT2D eigenvalue weighted by atomic mass is 10.1. The Balaban J connectivity index is 2.07. The molecule has 2 N–H and O–H groups in total. The summed E-state index contributed by atoms with van der Waals surface area (Å²) in [5.41, 5.74) is 8.45. The molecule has 2 aromatic carbocycles. The van der Waals surface area contributed by atoms with E-state index in [4.69, 9.17) is 10.2 Å². The minimum absolute atomic E-state index is 0.347. The molecule has 0 spiro atoms. The standard InChI is InChI=1S/C15H12N2O/c16-14-13(11-7-3-1-4-8-11)17-15(18-14)12-9-5-2-6-10-12/h1-10H,16H2. The fourth-order valence-electron chi connectivity index (χ4n) is 1.84. The van der Waals surface area contributed by atoms with Crippen LogP contribution in [0, 0.1) is 0 Å². The first-order valence-electron chi connectivity index (χ1n) is 5.72. The van der Waals surface area contributed by atoms with Crippen molar-refractivity contribution in [2.75, 3.05) is 5.73 Å². The van der Waals surface area contributed by atoms with Gasteiger partial charge >= 0.3 is 0 Å². The molecule has 0 unspecified atom stereocenters. The zero-order chi connectivity index (χ0) is 12.4. The molecule has 3 rings (SSSR count). The third kappa shape index (κ3) is 1.86. The van der Waals surface area contributed by atoms with E-state index < -0.39 is 0 Å². The SMILES string of the molecule is Nc1oc(-c2ccccc2)nc1-c1ccccc1. The van der Waals surface area contributed by atoms with Crippen molar-refractivity contribution in [2.24, 2.45) is 0 Å². The summed E-state index contributed by atoms with van der Waals surface area (Å²) in [5.74, 6) is 0.895.